The summed E-state index contributed by atoms with van der Waals surface area (Å²) in [6.45, 7) is 3.74. The Bertz CT molecular complexity index is 928. The molecule has 2 rings (SSSR count). The van der Waals surface area contributed by atoms with Crippen LogP contribution in [0.5, 0.6) is 5.75 Å². The van der Waals surface area contributed by atoms with Gasteiger partial charge in [-0.15, -0.1) is 0 Å². The topological polar surface area (TPSA) is 92.7 Å². The number of anilines is 1. The number of sulfonamides is 1. The molecule has 0 spiro atoms. The molecule has 0 saturated heterocycles. The van der Waals surface area contributed by atoms with Gasteiger partial charge in [0.1, 0.15) is 0 Å². The second-order valence-corrected chi connectivity index (χ2v) is 7.69. The van der Waals surface area contributed by atoms with Gasteiger partial charge in [-0.1, -0.05) is 25.1 Å². The lowest BCUT2D eigenvalue weighted by Crippen LogP contribution is -2.15. The first-order chi connectivity index (χ1) is 12.7. The second-order valence-electron chi connectivity index (χ2n) is 6.01. The first-order valence-electron chi connectivity index (χ1n) is 8.50. The molecule has 0 aromatic heterocycles. The van der Waals surface area contributed by atoms with Crippen molar-refractivity contribution in [1.82, 2.24) is 0 Å². The molecule has 0 atom stereocenters. The van der Waals surface area contributed by atoms with E-state index in [1.54, 1.807) is 13.0 Å². The van der Waals surface area contributed by atoms with Crippen LogP contribution in [-0.4, -0.2) is 26.1 Å². The number of rotatable bonds is 9. The van der Waals surface area contributed by atoms with Crippen molar-refractivity contribution < 1.29 is 27.4 Å². The monoisotopic (exact) mass is 395 g/mol. The number of carbonyl (C=O) groups is 1. The Kier molecular flexibility index (Phi) is 6.79. The van der Waals surface area contributed by atoms with E-state index in [0.29, 0.717) is 12.1 Å². The lowest BCUT2D eigenvalue weighted by atomic mass is 10.1. The Labute approximate surface area is 158 Å². The summed E-state index contributed by atoms with van der Waals surface area (Å²) in [4.78, 5) is 10.2. The van der Waals surface area contributed by atoms with E-state index >= 15 is 0 Å². The van der Waals surface area contributed by atoms with Gasteiger partial charge in [-0.3, -0.25) is 9.52 Å². The van der Waals surface area contributed by atoms with Crippen LogP contribution in [0.15, 0.2) is 41.3 Å². The molecule has 0 amide bonds. The molecule has 0 saturated carbocycles. The number of aryl methyl sites for hydroxylation is 2. The summed E-state index contributed by atoms with van der Waals surface area (Å²) in [5, 5.41) is 8.57. The summed E-state index contributed by atoms with van der Waals surface area (Å²) >= 11 is 0. The molecule has 0 bridgehead atoms. The predicted octanol–water partition coefficient (Wildman–Crippen LogP) is 3.74. The van der Waals surface area contributed by atoms with Crippen LogP contribution < -0.4 is 9.46 Å². The summed E-state index contributed by atoms with van der Waals surface area (Å²) < 4.78 is 47.2. The summed E-state index contributed by atoms with van der Waals surface area (Å²) in [6, 6.07) is 8.84. The van der Waals surface area contributed by atoms with E-state index in [2.05, 4.69) is 4.72 Å². The molecule has 2 aromatic rings. The van der Waals surface area contributed by atoms with Crippen molar-refractivity contribution in [2.24, 2.45) is 0 Å². The largest absolute Gasteiger partial charge is 0.491 e. The average Bonchev–Trinajstić information content (AvgIpc) is 2.61. The highest BCUT2D eigenvalue weighted by atomic mass is 32.2. The van der Waals surface area contributed by atoms with Crippen LogP contribution in [0.1, 0.15) is 30.9 Å². The van der Waals surface area contributed by atoms with Gasteiger partial charge in [-0.05, 0) is 49.1 Å². The van der Waals surface area contributed by atoms with Crippen LogP contribution in [0.2, 0.25) is 0 Å². The van der Waals surface area contributed by atoms with E-state index in [1.807, 2.05) is 19.1 Å². The molecule has 2 aromatic carbocycles. The third-order valence-electron chi connectivity index (χ3n) is 3.98. The van der Waals surface area contributed by atoms with Crippen molar-refractivity contribution in [2.45, 2.75) is 38.0 Å². The van der Waals surface area contributed by atoms with Crippen LogP contribution in [0.3, 0.4) is 0 Å². The Morgan fingerprint density at radius 1 is 1.26 bits per heavy atom. The second kappa shape index (κ2) is 8.85. The van der Waals surface area contributed by atoms with E-state index in [0.717, 1.165) is 17.2 Å². The van der Waals surface area contributed by atoms with Gasteiger partial charge in [0.15, 0.2) is 11.6 Å². The molecule has 0 aliphatic carbocycles. The molecule has 2 N–H and O–H groups in total. The molecule has 27 heavy (non-hydrogen) atoms. The highest BCUT2D eigenvalue weighted by Crippen LogP contribution is 2.27. The molecule has 146 valence electrons. The number of para-hydroxylation sites is 1. The Hall–Kier alpha value is -2.61. The molecule has 8 heteroatoms. The Morgan fingerprint density at radius 2 is 2.00 bits per heavy atom. The van der Waals surface area contributed by atoms with Gasteiger partial charge in [0.25, 0.3) is 10.0 Å². The molecule has 0 aliphatic heterocycles. The van der Waals surface area contributed by atoms with Crippen molar-refractivity contribution >= 4 is 21.7 Å². The number of halogens is 1. The molecule has 0 radical (unpaired) electrons. The number of nitrogens with one attached hydrogen (secondary N) is 1. The summed E-state index contributed by atoms with van der Waals surface area (Å²) in [6.07, 6.45) is 0.786. The molecule has 0 aliphatic rings. The summed E-state index contributed by atoms with van der Waals surface area (Å²) in [5.41, 5.74) is 2.11. The standard InChI is InChI=1S/C19H22FNO5S/c1-3-14-7-4-6-13(2)19(14)21-27(24,25)15-9-10-17(16(20)12-15)26-11-5-8-18(22)23/h4,6-7,9-10,12,21H,3,5,8,11H2,1-2H3,(H,22,23). The highest BCUT2D eigenvalue weighted by molar-refractivity contribution is 7.92. The number of ether oxygens (including phenoxy) is 1. The van der Waals surface area contributed by atoms with E-state index in [4.69, 9.17) is 9.84 Å². The first kappa shape index (κ1) is 20.7. The highest BCUT2D eigenvalue weighted by Gasteiger charge is 2.19. The van der Waals surface area contributed by atoms with Crippen molar-refractivity contribution in [3.05, 3.63) is 53.3 Å². The lowest BCUT2D eigenvalue weighted by molar-refractivity contribution is -0.137. The third-order valence-corrected chi connectivity index (χ3v) is 5.33. The van der Waals surface area contributed by atoms with Crippen molar-refractivity contribution in [3.8, 4) is 5.75 Å². The average molecular weight is 395 g/mol. The van der Waals surface area contributed by atoms with Crippen molar-refractivity contribution in [1.29, 1.82) is 0 Å². The zero-order valence-corrected chi connectivity index (χ0v) is 16.0. The van der Waals surface area contributed by atoms with E-state index in [-0.39, 0.29) is 30.1 Å². The Balaban J connectivity index is 2.17. The van der Waals surface area contributed by atoms with E-state index < -0.39 is 21.8 Å². The molecule has 0 unspecified atom stereocenters. The van der Waals surface area contributed by atoms with Gasteiger partial charge in [-0.2, -0.15) is 0 Å². The van der Waals surface area contributed by atoms with E-state index in [9.17, 15) is 17.6 Å². The van der Waals surface area contributed by atoms with Crippen molar-refractivity contribution in [2.75, 3.05) is 11.3 Å². The zero-order valence-electron chi connectivity index (χ0n) is 15.2. The third kappa shape index (κ3) is 5.43. The maximum atomic E-state index is 14.2. The molecule has 0 heterocycles. The number of hydrogen-bond donors (Lipinski definition) is 2. The van der Waals surface area contributed by atoms with Gasteiger partial charge < -0.3 is 9.84 Å². The lowest BCUT2D eigenvalue weighted by Gasteiger charge is -2.15. The van der Waals surface area contributed by atoms with Crippen LogP contribution in [0.25, 0.3) is 0 Å². The van der Waals surface area contributed by atoms with Gasteiger partial charge in [-0.25, -0.2) is 12.8 Å². The summed E-state index contributed by atoms with van der Waals surface area (Å²) in [7, 11) is -3.97. The predicted molar refractivity (Wildman–Crippen MR) is 100 cm³/mol. The maximum Gasteiger partial charge on any atom is 0.303 e. The van der Waals surface area contributed by atoms with Crippen LogP contribution >= 0.6 is 0 Å². The zero-order chi connectivity index (χ0) is 20.0. The fourth-order valence-corrected chi connectivity index (χ4v) is 3.72. The normalized spacial score (nSPS) is 11.2. The van der Waals surface area contributed by atoms with Gasteiger partial charge in [0.2, 0.25) is 0 Å². The number of aliphatic carboxylic acids is 1. The smallest absolute Gasteiger partial charge is 0.303 e. The van der Waals surface area contributed by atoms with Crippen LogP contribution in [0, 0.1) is 12.7 Å². The number of benzene rings is 2. The molecular weight excluding hydrogens is 373 g/mol. The number of hydrogen-bond acceptors (Lipinski definition) is 4. The Morgan fingerprint density at radius 3 is 2.63 bits per heavy atom. The number of carboxylic acid groups (broad SMARTS) is 1. The van der Waals surface area contributed by atoms with Crippen molar-refractivity contribution in [3.63, 3.8) is 0 Å². The van der Waals surface area contributed by atoms with Gasteiger partial charge >= 0.3 is 5.97 Å². The quantitative estimate of drug-likeness (QED) is 0.631. The fourth-order valence-electron chi connectivity index (χ4n) is 2.53. The minimum Gasteiger partial charge on any atom is -0.491 e. The fraction of sp³-hybridized carbons (Fsp3) is 0.316. The van der Waals surface area contributed by atoms with Crippen LogP contribution in [-0.2, 0) is 21.2 Å². The minimum absolute atomic E-state index is 0.0244. The van der Waals surface area contributed by atoms with Gasteiger partial charge in [0, 0.05) is 6.42 Å². The van der Waals surface area contributed by atoms with Gasteiger partial charge in [0.05, 0.1) is 17.2 Å². The molecular formula is C19H22FNO5S. The number of carboxylic acids is 1. The first-order valence-corrected chi connectivity index (χ1v) is 9.98. The van der Waals surface area contributed by atoms with E-state index in [1.165, 1.54) is 12.1 Å². The van der Waals surface area contributed by atoms with Crippen LogP contribution in [0.4, 0.5) is 10.1 Å². The minimum atomic E-state index is -3.97. The summed E-state index contributed by atoms with van der Waals surface area (Å²) in [5.74, 6) is -1.91. The SMILES string of the molecule is CCc1cccc(C)c1NS(=O)(=O)c1ccc(OCCCC(=O)O)c(F)c1. The maximum absolute atomic E-state index is 14.2. The molecule has 0 fully saturated rings. The molecule has 6 nitrogen and oxygen atoms in total.